The molecule has 0 bridgehead atoms. The summed E-state index contributed by atoms with van der Waals surface area (Å²) < 4.78 is 6.77. The van der Waals surface area contributed by atoms with Gasteiger partial charge in [-0.05, 0) is 18.9 Å². The Morgan fingerprint density at radius 2 is 2.14 bits per heavy atom. The van der Waals surface area contributed by atoms with Crippen LogP contribution in [0.25, 0.3) is 0 Å². The molecule has 1 aliphatic carbocycles. The van der Waals surface area contributed by atoms with Crippen LogP contribution < -0.4 is 5.32 Å². The Morgan fingerprint density at radius 1 is 1.32 bits per heavy atom. The molecule has 0 atom stereocenters. The highest BCUT2D eigenvalue weighted by Gasteiger charge is 2.18. The van der Waals surface area contributed by atoms with E-state index in [1.165, 1.54) is 32.6 Å². The molecule has 0 radical (unpaired) electrons. The van der Waals surface area contributed by atoms with Crippen molar-refractivity contribution in [1.82, 2.24) is 14.8 Å². The van der Waals surface area contributed by atoms with Gasteiger partial charge in [-0.15, -0.1) is 0 Å². The van der Waals surface area contributed by atoms with E-state index in [-0.39, 0.29) is 0 Å². The fraction of sp³-hybridized carbons (Fsp3) is 0.438. The molecule has 0 aliphatic heterocycles. The van der Waals surface area contributed by atoms with Gasteiger partial charge < -0.3 is 10.1 Å². The molecular weight excluding hydrogens is 280 g/mol. The van der Waals surface area contributed by atoms with Gasteiger partial charge in [0.2, 0.25) is 0 Å². The molecule has 0 unspecified atom stereocenters. The average molecular weight is 300 g/mol. The van der Waals surface area contributed by atoms with Crippen molar-refractivity contribution in [2.45, 2.75) is 38.1 Å². The molecule has 2 heterocycles. The number of nitrogens with one attached hydrogen (secondary N) is 1. The molecule has 1 aliphatic rings. The lowest BCUT2D eigenvalue weighted by Gasteiger charge is -2.24. The van der Waals surface area contributed by atoms with Gasteiger partial charge in [-0.2, -0.15) is 5.10 Å². The first-order valence-electron chi connectivity index (χ1n) is 7.62. The molecule has 6 heteroatoms. The van der Waals surface area contributed by atoms with Gasteiger partial charge >= 0.3 is 5.97 Å². The largest absolute Gasteiger partial charge is 0.465 e. The minimum Gasteiger partial charge on any atom is -0.465 e. The summed E-state index contributed by atoms with van der Waals surface area (Å²) in [5.41, 5.74) is 1.18. The number of anilines is 2. The van der Waals surface area contributed by atoms with Gasteiger partial charge in [0.15, 0.2) is 0 Å². The van der Waals surface area contributed by atoms with E-state index in [0.717, 1.165) is 24.3 Å². The average Bonchev–Trinajstić information content (AvgIpc) is 3.03. The molecule has 1 fully saturated rings. The first-order valence-corrected chi connectivity index (χ1v) is 7.62. The second-order valence-electron chi connectivity index (χ2n) is 5.53. The standard InChI is InChI=1S/C16H20N4O2/c1-22-16(21)12-9-13(11-17-10-12)19-15-7-8-18-20(15)14-5-3-2-4-6-14/h7-11,14,19H,2-6H2,1H3. The van der Waals surface area contributed by atoms with E-state index in [0.29, 0.717) is 11.6 Å². The third-order valence-corrected chi connectivity index (χ3v) is 4.02. The molecule has 0 spiro atoms. The van der Waals surface area contributed by atoms with Gasteiger partial charge in [-0.1, -0.05) is 19.3 Å². The van der Waals surface area contributed by atoms with Gasteiger partial charge in [0, 0.05) is 12.3 Å². The summed E-state index contributed by atoms with van der Waals surface area (Å²) in [5.74, 6) is 0.535. The van der Waals surface area contributed by atoms with Gasteiger partial charge in [0.25, 0.3) is 0 Å². The van der Waals surface area contributed by atoms with E-state index in [2.05, 4.69) is 15.4 Å². The maximum absolute atomic E-state index is 11.6. The summed E-state index contributed by atoms with van der Waals surface area (Å²) in [5, 5.41) is 7.75. The molecule has 0 aromatic carbocycles. The third kappa shape index (κ3) is 3.10. The molecular formula is C16H20N4O2. The molecule has 1 N–H and O–H groups in total. The van der Waals surface area contributed by atoms with Crippen LogP contribution in [0, 0.1) is 0 Å². The Labute approximate surface area is 129 Å². The molecule has 3 rings (SSSR count). The number of hydrogen-bond acceptors (Lipinski definition) is 5. The van der Waals surface area contributed by atoms with Crippen molar-refractivity contribution in [3.8, 4) is 0 Å². The molecule has 2 aromatic heterocycles. The zero-order valence-electron chi connectivity index (χ0n) is 12.7. The number of nitrogens with zero attached hydrogens (tertiary/aromatic N) is 3. The first kappa shape index (κ1) is 14.6. The highest BCUT2D eigenvalue weighted by molar-refractivity contribution is 5.90. The SMILES string of the molecule is COC(=O)c1cncc(Nc2ccnn2C2CCCCC2)c1. The maximum atomic E-state index is 11.6. The van der Waals surface area contributed by atoms with Crippen LogP contribution in [0.5, 0.6) is 0 Å². The smallest absolute Gasteiger partial charge is 0.339 e. The second-order valence-corrected chi connectivity index (χ2v) is 5.53. The van der Waals surface area contributed by atoms with Crippen LogP contribution in [0.4, 0.5) is 11.5 Å². The Morgan fingerprint density at radius 3 is 2.91 bits per heavy atom. The summed E-state index contributed by atoms with van der Waals surface area (Å²) in [6.45, 7) is 0. The van der Waals surface area contributed by atoms with Crippen LogP contribution in [-0.2, 0) is 4.74 Å². The lowest BCUT2D eigenvalue weighted by Crippen LogP contribution is -2.16. The van der Waals surface area contributed by atoms with Crippen LogP contribution in [0.2, 0.25) is 0 Å². The van der Waals surface area contributed by atoms with E-state index < -0.39 is 5.97 Å². The highest BCUT2D eigenvalue weighted by atomic mass is 16.5. The van der Waals surface area contributed by atoms with E-state index in [1.807, 2.05) is 10.7 Å². The topological polar surface area (TPSA) is 69.0 Å². The first-order chi connectivity index (χ1) is 10.8. The number of rotatable bonds is 4. The van der Waals surface area contributed by atoms with Crippen LogP contribution >= 0.6 is 0 Å². The van der Waals surface area contributed by atoms with Gasteiger partial charge in [0.05, 0.1) is 36.8 Å². The monoisotopic (exact) mass is 300 g/mol. The van der Waals surface area contributed by atoms with Crippen LogP contribution in [0.15, 0.2) is 30.7 Å². The number of pyridine rings is 1. The van der Waals surface area contributed by atoms with Gasteiger partial charge in [-0.25, -0.2) is 9.48 Å². The zero-order chi connectivity index (χ0) is 15.4. The fourth-order valence-electron chi connectivity index (χ4n) is 2.92. The number of esters is 1. The summed E-state index contributed by atoms with van der Waals surface area (Å²) in [7, 11) is 1.36. The van der Waals surface area contributed by atoms with Crippen molar-refractivity contribution in [3.05, 3.63) is 36.3 Å². The number of carbonyl (C=O) groups excluding carboxylic acids is 1. The lowest BCUT2D eigenvalue weighted by molar-refractivity contribution is 0.0600. The van der Waals surface area contributed by atoms with Crippen LogP contribution in [-0.4, -0.2) is 27.8 Å². The predicted molar refractivity (Wildman–Crippen MR) is 83.2 cm³/mol. The summed E-state index contributed by atoms with van der Waals surface area (Å²) in [6.07, 6.45) is 11.1. The highest BCUT2D eigenvalue weighted by Crippen LogP contribution is 2.30. The maximum Gasteiger partial charge on any atom is 0.339 e. The van der Waals surface area contributed by atoms with Gasteiger partial charge in [-0.3, -0.25) is 4.98 Å². The number of ether oxygens (including phenoxy) is 1. The molecule has 6 nitrogen and oxygen atoms in total. The van der Waals surface area contributed by atoms with Crippen molar-refractivity contribution in [2.24, 2.45) is 0 Å². The summed E-state index contributed by atoms with van der Waals surface area (Å²) >= 11 is 0. The Bertz CT molecular complexity index is 647. The van der Waals surface area contributed by atoms with Crippen molar-refractivity contribution < 1.29 is 9.53 Å². The number of aromatic nitrogens is 3. The van der Waals surface area contributed by atoms with E-state index in [4.69, 9.17) is 4.74 Å². The minimum absolute atomic E-state index is 0.392. The predicted octanol–water partition coefficient (Wildman–Crippen LogP) is 3.31. The number of hydrogen-bond donors (Lipinski definition) is 1. The van der Waals surface area contributed by atoms with E-state index in [9.17, 15) is 4.79 Å². The number of methoxy groups -OCH3 is 1. The van der Waals surface area contributed by atoms with Crippen molar-refractivity contribution >= 4 is 17.5 Å². The zero-order valence-corrected chi connectivity index (χ0v) is 12.7. The van der Waals surface area contributed by atoms with Crippen molar-refractivity contribution in [1.29, 1.82) is 0 Å². The second kappa shape index (κ2) is 6.60. The number of carbonyl (C=O) groups is 1. The van der Waals surface area contributed by atoms with Crippen molar-refractivity contribution in [2.75, 3.05) is 12.4 Å². The molecule has 2 aromatic rings. The lowest BCUT2D eigenvalue weighted by atomic mass is 9.96. The summed E-state index contributed by atoms with van der Waals surface area (Å²) in [4.78, 5) is 15.7. The summed E-state index contributed by atoms with van der Waals surface area (Å²) in [6, 6.07) is 4.12. The molecule has 116 valence electrons. The Balaban J connectivity index is 1.79. The molecule has 1 saturated carbocycles. The molecule has 0 amide bonds. The van der Waals surface area contributed by atoms with E-state index in [1.54, 1.807) is 18.5 Å². The van der Waals surface area contributed by atoms with Crippen LogP contribution in [0.3, 0.4) is 0 Å². The Hall–Kier alpha value is -2.37. The van der Waals surface area contributed by atoms with E-state index >= 15 is 0 Å². The van der Waals surface area contributed by atoms with Gasteiger partial charge in [0.1, 0.15) is 5.82 Å². The molecule has 22 heavy (non-hydrogen) atoms. The van der Waals surface area contributed by atoms with Crippen molar-refractivity contribution in [3.63, 3.8) is 0 Å². The quantitative estimate of drug-likeness (QED) is 0.877. The normalized spacial score (nSPS) is 15.5. The minimum atomic E-state index is -0.392. The Kier molecular flexibility index (Phi) is 4.37. The fourth-order valence-corrected chi connectivity index (χ4v) is 2.92. The van der Waals surface area contributed by atoms with Crippen LogP contribution in [0.1, 0.15) is 48.5 Å². The molecule has 0 saturated heterocycles. The third-order valence-electron chi connectivity index (χ3n) is 4.02.